The number of aliphatic hydroxyl groups excluding tert-OH is 2. The molecular formula is C18H19N5O2S. The maximum Gasteiger partial charge on any atom is 0.223 e. The van der Waals surface area contributed by atoms with Gasteiger partial charge in [0.2, 0.25) is 5.95 Å². The van der Waals surface area contributed by atoms with Crippen molar-refractivity contribution in [2.45, 2.75) is 17.2 Å². The van der Waals surface area contributed by atoms with Crippen molar-refractivity contribution >= 4 is 35.1 Å². The van der Waals surface area contributed by atoms with Gasteiger partial charge in [-0.15, -0.1) is 0 Å². The first kappa shape index (κ1) is 17.0. The second-order valence-electron chi connectivity index (χ2n) is 6.41. The molecule has 0 amide bonds. The van der Waals surface area contributed by atoms with Crippen molar-refractivity contribution in [3.63, 3.8) is 0 Å². The fraction of sp³-hybridized carbons (Fsp3) is 0.278. The van der Waals surface area contributed by atoms with Crippen molar-refractivity contribution in [2.24, 2.45) is 5.41 Å². The first-order chi connectivity index (χ1) is 12.6. The monoisotopic (exact) mass is 369 g/mol. The van der Waals surface area contributed by atoms with E-state index < -0.39 is 5.41 Å². The van der Waals surface area contributed by atoms with Crippen LogP contribution in [0.2, 0.25) is 0 Å². The number of hydrogen-bond acceptors (Lipinski definition) is 7. The van der Waals surface area contributed by atoms with E-state index in [1.807, 2.05) is 24.4 Å². The summed E-state index contributed by atoms with van der Waals surface area (Å²) >= 11 is 1.57. The third-order valence-electron chi connectivity index (χ3n) is 4.61. The third-order valence-corrected chi connectivity index (χ3v) is 5.65. The topological polar surface area (TPSA) is 110 Å². The van der Waals surface area contributed by atoms with Gasteiger partial charge in [0.1, 0.15) is 16.9 Å². The molecule has 0 bridgehead atoms. The molecule has 4 rings (SSSR count). The van der Waals surface area contributed by atoms with Gasteiger partial charge in [-0.1, -0.05) is 42.1 Å². The highest BCUT2D eigenvalue weighted by Gasteiger charge is 2.48. The zero-order chi connectivity index (χ0) is 18.1. The predicted octanol–water partition coefficient (Wildman–Crippen LogP) is 1.92. The summed E-state index contributed by atoms with van der Waals surface area (Å²) in [4.78, 5) is 13.1. The van der Waals surface area contributed by atoms with Crippen LogP contribution >= 0.6 is 11.8 Å². The highest BCUT2D eigenvalue weighted by Crippen LogP contribution is 2.51. The first-order valence-corrected chi connectivity index (χ1v) is 9.23. The molecule has 0 saturated heterocycles. The molecule has 7 nitrogen and oxygen atoms in total. The first-order valence-electron chi connectivity index (χ1n) is 8.25. The number of imidazole rings is 1. The molecule has 0 aliphatic heterocycles. The fourth-order valence-corrected chi connectivity index (χ4v) is 3.80. The molecule has 2 aromatic heterocycles. The summed E-state index contributed by atoms with van der Waals surface area (Å²) in [6.07, 6.45) is 4.19. The number of nitrogens with two attached hydrogens (primary N) is 1. The summed E-state index contributed by atoms with van der Waals surface area (Å²) in [5.41, 5.74) is 8.86. The van der Waals surface area contributed by atoms with E-state index >= 15 is 0 Å². The molecule has 1 saturated carbocycles. The molecule has 8 heteroatoms. The second kappa shape index (κ2) is 6.71. The van der Waals surface area contributed by atoms with Gasteiger partial charge in [0.15, 0.2) is 5.65 Å². The molecule has 134 valence electrons. The van der Waals surface area contributed by atoms with Gasteiger partial charge in [-0.2, -0.15) is 4.98 Å². The maximum atomic E-state index is 9.46. The number of aliphatic hydroxyl groups is 2. The molecule has 0 unspecified atom stereocenters. The summed E-state index contributed by atoms with van der Waals surface area (Å²) in [5.74, 6) is 0.956. The van der Waals surface area contributed by atoms with Crippen molar-refractivity contribution in [1.82, 2.24) is 19.5 Å². The minimum absolute atomic E-state index is 0.0722. The van der Waals surface area contributed by atoms with Gasteiger partial charge in [0, 0.05) is 17.4 Å². The molecule has 0 atom stereocenters. The van der Waals surface area contributed by atoms with E-state index in [9.17, 15) is 10.2 Å². The zero-order valence-corrected chi connectivity index (χ0v) is 14.9. The van der Waals surface area contributed by atoms with Crippen LogP contribution in [0.4, 0.5) is 5.95 Å². The summed E-state index contributed by atoms with van der Waals surface area (Å²) in [7, 11) is 0. The van der Waals surface area contributed by atoms with Crippen molar-refractivity contribution in [3.05, 3.63) is 47.8 Å². The van der Waals surface area contributed by atoms with Crippen molar-refractivity contribution < 1.29 is 10.2 Å². The zero-order valence-electron chi connectivity index (χ0n) is 14.0. The molecule has 0 radical (unpaired) electrons. The lowest BCUT2D eigenvalue weighted by molar-refractivity contribution is 0.143. The maximum absolute atomic E-state index is 9.46. The molecule has 1 aromatic carbocycles. The average molecular weight is 369 g/mol. The van der Waals surface area contributed by atoms with Crippen LogP contribution in [-0.2, 0) is 5.75 Å². The van der Waals surface area contributed by atoms with Crippen LogP contribution < -0.4 is 5.73 Å². The Labute approximate surface area is 154 Å². The number of benzene rings is 1. The van der Waals surface area contributed by atoms with Crippen LogP contribution in [0, 0.1) is 5.41 Å². The fourth-order valence-electron chi connectivity index (χ4n) is 2.86. The van der Waals surface area contributed by atoms with Gasteiger partial charge >= 0.3 is 0 Å². The Kier molecular flexibility index (Phi) is 4.39. The van der Waals surface area contributed by atoms with Gasteiger partial charge in [-0.25, -0.2) is 9.97 Å². The Morgan fingerprint density at radius 3 is 2.65 bits per heavy atom. The van der Waals surface area contributed by atoms with E-state index in [0.29, 0.717) is 17.6 Å². The largest absolute Gasteiger partial charge is 0.395 e. The smallest absolute Gasteiger partial charge is 0.223 e. The lowest BCUT2D eigenvalue weighted by Gasteiger charge is -2.06. The number of thioether (sulfide) groups is 1. The van der Waals surface area contributed by atoms with Crippen LogP contribution in [0.1, 0.15) is 12.0 Å². The number of anilines is 1. The number of aromatic nitrogens is 4. The van der Waals surface area contributed by atoms with Gasteiger partial charge in [-0.3, -0.25) is 4.57 Å². The number of nitrogens with zero attached hydrogens (tertiary/aromatic N) is 4. The predicted molar refractivity (Wildman–Crippen MR) is 101 cm³/mol. The Hall–Kier alpha value is -2.42. The SMILES string of the molecule is Nc1nc(SCc2ccccc2)c2ncn(/C=C3/CC3(CO)CO)c2n1. The standard InChI is InChI=1S/C18H19N5O2S/c19-17-21-15-14(16(22-17)26-8-12-4-2-1-3-5-12)20-11-23(15)7-13-6-18(13,9-24)10-25/h1-5,7,11,24-25H,6,8-10H2,(H2,19,21,22)/b13-7-. The molecule has 26 heavy (non-hydrogen) atoms. The number of hydrogen-bond donors (Lipinski definition) is 3. The third kappa shape index (κ3) is 3.07. The summed E-state index contributed by atoms with van der Waals surface area (Å²) in [6.45, 7) is -0.144. The molecule has 0 spiro atoms. The van der Waals surface area contributed by atoms with E-state index in [2.05, 4.69) is 27.1 Å². The van der Waals surface area contributed by atoms with Crippen molar-refractivity contribution in [1.29, 1.82) is 0 Å². The molecule has 1 aliphatic rings. The Bertz CT molecular complexity index is 966. The average Bonchev–Trinajstić information content (AvgIpc) is 3.23. The summed E-state index contributed by atoms with van der Waals surface area (Å²) in [6, 6.07) is 10.1. The molecular weight excluding hydrogens is 350 g/mol. The van der Waals surface area contributed by atoms with Gasteiger partial charge in [-0.05, 0) is 17.6 Å². The quantitative estimate of drug-likeness (QED) is 0.450. The second-order valence-corrected chi connectivity index (χ2v) is 7.38. The molecule has 1 fully saturated rings. The van der Waals surface area contributed by atoms with Crippen molar-refractivity contribution in [3.8, 4) is 0 Å². The molecule has 2 heterocycles. The van der Waals surface area contributed by atoms with Crippen molar-refractivity contribution in [2.75, 3.05) is 18.9 Å². The molecule has 4 N–H and O–H groups in total. The normalized spacial score (nSPS) is 17.1. The minimum atomic E-state index is -0.514. The van der Waals surface area contributed by atoms with Gasteiger partial charge in [0.25, 0.3) is 0 Å². The Morgan fingerprint density at radius 2 is 1.96 bits per heavy atom. The minimum Gasteiger partial charge on any atom is -0.395 e. The van der Waals surface area contributed by atoms with Gasteiger partial charge < -0.3 is 15.9 Å². The van der Waals surface area contributed by atoms with Crippen LogP contribution in [0.5, 0.6) is 0 Å². The van der Waals surface area contributed by atoms with E-state index in [1.54, 1.807) is 22.7 Å². The van der Waals surface area contributed by atoms with E-state index in [0.717, 1.165) is 16.4 Å². The summed E-state index contributed by atoms with van der Waals surface area (Å²) in [5, 5.41) is 19.7. The van der Waals surface area contributed by atoms with E-state index in [-0.39, 0.29) is 19.2 Å². The molecule has 1 aliphatic carbocycles. The lowest BCUT2D eigenvalue weighted by atomic mass is 10.1. The number of rotatable bonds is 6. The lowest BCUT2D eigenvalue weighted by Crippen LogP contribution is -2.12. The Balaban J connectivity index is 1.65. The molecule has 3 aromatic rings. The van der Waals surface area contributed by atoms with Gasteiger partial charge in [0.05, 0.1) is 13.2 Å². The highest BCUT2D eigenvalue weighted by molar-refractivity contribution is 7.98. The van der Waals surface area contributed by atoms with Crippen LogP contribution in [-0.4, -0.2) is 42.9 Å². The summed E-state index contributed by atoms with van der Waals surface area (Å²) < 4.78 is 1.78. The number of fused-ring (bicyclic) bond motifs is 1. The van der Waals surface area contributed by atoms with Crippen LogP contribution in [0.15, 0.2) is 47.3 Å². The van der Waals surface area contributed by atoms with Crippen LogP contribution in [0.3, 0.4) is 0 Å². The number of nitrogen functional groups attached to an aromatic ring is 1. The van der Waals surface area contributed by atoms with E-state index in [1.165, 1.54) is 5.56 Å². The van der Waals surface area contributed by atoms with Crippen LogP contribution in [0.25, 0.3) is 17.4 Å². The highest BCUT2D eigenvalue weighted by atomic mass is 32.2. The Morgan fingerprint density at radius 1 is 1.19 bits per heavy atom. The van der Waals surface area contributed by atoms with E-state index in [4.69, 9.17) is 5.73 Å².